The van der Waals surface area contributed by atoms with Gasteiger partial charge in [-0.05, 0) is 23.6 Å². The zero-order chi connectivity index (χ0) is 19.1. The van der Waals surface area contributed by atoms with Crippen LogP contribution in [0.15, 0.2) is 54.0 Å². The van der Waals surface area contributed by atoms with E-state index in [0.29, 0.717) is 26.2 Å². The predicted molar refractivity (Wildman–Crippen MR) is 115 cm³/mol. The smallest absolute Gasteiger partial charge is 0.236 e. The lowest BCUT2D eigenvalue weighted by molar-refractivity contribution is -0.129. The molecule has 3 rings (SSSR count). The Morgan fingerprint density at radius 3 is 2.71 bits per heavy atom. The monoisotopic (exact) mass is 420 g/mol. The van der Waals surface area contributed by atoms with Crippen molar-refractivity contribution in [2.75, 3.05) is 33.9 Å². The molecule has 0 atom stereocenters. The Morgan fingerprint density at radius 1 is 1.25 bits per heavy atom. The van der Waals surface area contributed by atoms with Crippen molar-refractivity contribution in [3.05, 3.63) is 59.6 Å². The molecule has 0 fully saturated rings. The van der Waals surface area contributed by atoms with Crippen LogP contribution in [0.4, 0.5) is 0 Å². The van der Waals surface area contributed by atoms with Crippen LogP contribution in [0.25, 0.3) is 16.3 Å². The van der Waals surface area contributed by atoms with E-state index >= 15 is 0 Å². The first-order chi connectivity index (χ1) is 13.2. The van der Waals surface area contributed by atoms with Crippen molar-refractivity contribution in [2.45, 2.75) is 6.54 Å². The number of thiophene rings is 1. The van der Waals surface area contributed by atoms with E-state index in [1.165, 1.54) is 0 Å². The summed E-state index contributed by atoms with van der Waals surface area (Å²) < 4.78 is 6.86. The maximum atomic E-state index is 12.4. The highest BCUT2D eigenvalue weighted by Gasteiger charge is 2.17. The number of aromatic nitrogens is 2. The average molecular weight is 421 g/mol. The van der Waals surface area contributed by atoms with Gasteiger partial charge in [0.2, 0.25) is 5.91 Å². The van der Waals surface area contributed by atoms with E-state index in [1.54, 1.807) is 23.3 Å². The molecule has 0 aliphatic carbocycles. The van der Waals surface area contributed by atoms with Gasteiger partial charge in [-0.25, -0.2) is 4.68 Å². The number of nitrogens with zero attached hydrogens (tertiary/aromatic N) is 3. The largest absolute Gasteiger partial charge is 0.383 e. The Kier molecular flexibility index (Phi) is 8.66. The van der Waals surface area contributed by atoms with E-state index in [4.69, 9.17) is 9.84 Å². The number of carbonyl (C=O) groups excluding carboxylic acids is 1. The van der Waals surface area contributed by atoms with Gasteiger partial charge < -0.3 is 15.0 Å². The summed E-state index contributed by atoms with van der Waals surface area (Å²) in [5, 5.41) is 9.91. The van der Waals surface area contributed by atoms with Gasteiger partial charge in [-0.2, -0.15) is 5.10 Å². The van der Waals surface area contributed by atoms with E-state index in [-0.39, 0.29) is 18.3 Å². The molecule has 0 aliphatic rings. The Balaban J connectivity index is 0.00000280. The summed E-state index contributed by atoms with van der Waals surface area (Å²) in [7, 11) is 3.46. The zero-order valence-electron chi connectivity index (χ0n) is 16.0. The number of halogens is 1. The molecule has 0 bridgehead atoms. The summed E-state index contributed by atoms with van der Waals surface area (Å²) in [6, 6.07) is 14.1. The predicted octanol–water partition coefficient (Wildman–Crippen LogP) is 3.22. The van der Waals surface area contributed by atoms with Gasteiger partial charge in [0.15, 0.2) is 0 Å². The third-order valence-corrected chi connectivity index (χ3v) is 5.03. The second-order valence-electron chi connectivity index (χ2n) is 6.18. The van der Waals surface area contributed by atoms with Crippen LogP contribution in [0.3, 0.4) is 0 Å². The van der Waals surface area contributed by atoms with Gasteiger partial charge in [0.05, 0.1) is 23.7 Å². The number of benzene rings is 1. The van der Waals surface area contributed by atoms with Crippen LogP contribution in [-0.2, 0) is 16.1 Å². The summed E-state index contributed by atoms with van der Waals surface area (Å²) in [5.74, 6) is 0.0377. The van der Waals surface area contributed by atoms with E-state index in [9.17, 15) is 4.79 Å². The lowest BCUT2D eigenvalue weighted by Crippen LogP contribution is -2.36. The fraction of sp³-hybridized carbons (Fsp3) is 0.300. The first-order valence-corrected chi connectivity index (χ1v) is 9.68. The number of rotatable bonds is 9. The Labute approximate surface area is 175 Å². The zero-order valence-corrected chi connectivity index (χ0v) is 17.6. The van der Waals surface area contributed by atoms with Crippen molar-refractivity contribution in [1.29, 1.82) is 0 Å². The average Bonchev–Trinajstić information content (AvgIpc) is 3.35. The van der Waals surface area contributed by atoms with Crippen LogP contribution in [-0.4, -0.2) is 54.4 Å². The maximum absolute atomic E-state index is 12.4. The molecular weight excluding hydrogens is 396 g/mol. The Hall–Kier alpha value is -2.19. The lowest BCUT2D eigenvalue weighted by Gasteiger charge is -2.17. The number of carbonyl (C=O) groups is 1. The number of likely N-dealkylation sites (N-methyl/N-ethyl adjacent to an activating group) is 1. The fourth-order valence-corrected chi connectivity index (χ4v) is 3.45. The van der Waals surface area contributed by atoms with Gasteiger partial charge in [0.1, 0.15) is 5.69 Å². The minimum absolute atomic E-state index is 0. The molecule has 150 valence electrons. The van der Waals surface area contributed by atoms with Crippen LogP contribution >= 0.6 is 23.7 Å². The van der Waals surface area contributed by atoms with Gasteiger partial charge >= 0.3 is 0 Å². The van der Waals surface area contributed by atoms with Gasteiger partial charge in [-0.1, -0.05) is 24.3 Å². The van der Waals surface area contributed by atoms with Crippen LogP contribution < -0.4 is 5.32 Å². The van der Waals surface area contributed by atoms with E-state index in [0.717, 1.165) is 21.8 Å². The second-order valence-corrected chi connectivity index (χ2v) is 7.13. The first-order valence-electron chi connectivity index (χ1n) is 8.80. The van der Waals surface area contributed by atoms with Crippen LogP contribution in [0, 0.1) is 0 Å². The van der Waals surface area contributed by atoms with Gasteiger partial charge in [-0.15, -0.1) is 23.7 Å². The molecule has 28 heavy (non-hydrogen) atoms. The third-order valence-electron chi connectivity index (χ3n) is 4.16. The molecule has 1 amide bonds. The molecule has 2 heterocycles. The minimum atomic E-state index is 0. The fourth-order valence-electron chi connectivity index (χ4n) is 2.71. The molecule has 0 radical (unpaired) electrons. The first kappa shape index (κ1) is 22.1. The summed E-state index contributed by atoms with van der Waals surface area (Å²) in [5.41, 5.74) is 2.94. The molecule has 0 aliphatic heterocycles. The third kappa shape index (κ3) is 5.65. The summed E-state index contributed by atoms with van der Waals surface area (Å²) >= 11 is 1.65. The summed E-state index contributed by atoms with van der Waals surface area (Å²) in [6.45, 7) is 2.04. The summed E-state index contributed by atoms with van der Waals surface area (Å²) in [6.07, 6.45) is 2.01. The number of amides is 1. The quantitative estimate of drug-likeness (QED) is 0.540. The van der Waals surface area contributed by atoms with Crippen molar-refractivity contribution in [1.82, 2.24) is 20.0 Å². The summed E-state index contributed by atoms with van der Waals surface area (Å²) in [4.78, 5) is 15.2. The van der Waals surface area contributed by atoms with Crippen LogP contribution in [0.2, 0.25) is 0 Å². The molecule has 0 saturated heterocycles. The van der Waals surface area contributed by atoms with Crippen molar-refractivity contribution in [2.24, 2.45) is 0 Å². The number of nitrogens with one attached hydrogen (secondary N) is 1. The Bertz CT molecular complexity index is 852. The number of para-hydroxylation sites is 1. The van der Waals surface area contributed by atoms with E-state index in [1.807, 2.05) is 59.7 Å². The van der Waals surface area contributed by atoms with Crippen molar-refractivity contribution in [3.8, 4) is 16.3 Å². The molecule has 1 N–H and O–H groups in total. The lowest BCUT2D eigenvalue weighted by atomic mass is 10.2. The molecule has 1 aromatic carbocycles. The highest BCUT2D eigenvalue weighted by Crippen LogP contribution is 2.28. The van der Waals surface area contributed by atoms with Crippen LogP contribution in [0.5, 0.6) is 0 Å². The van der Waals surface area contributed by atoms with Crippen molar-refractivity contribution >= 4 is 29.7 Å². The molecule has 0 spiro atoms. The molecule has 3 aromatic rings. The standard InChI is InChI=1S/C20H24N4O2S.ClH/c1-23(19(25)13-21-10-11-26-2)14-16-15-24(17-7-4-3-5-8-17)22-20(16)18-9-6-12-27-18;/h3-9,12,15,21H,10-11,13-14H2,1-2H3;1H. The highest BCUT2D eigenvalue weighted by atomic mass is 35.5. The second kappa shape index (κ2) is 11.0. The molecule has 0 unspecified atom stereocenters. The van der Waals surface area contributed by atoms with Gasteiger partial charge in [0.25, 0.3) is 0 Å². The van der Waals surface area contributed by atoms with Crippen molar-refractivity contribution in [3.63, 3.8) is 0 Å². The molecule has 6 nitrogen and oxygen atoms in total. The molecule has 2 aromatic heterocycles. The van der Waals surface area contributed by atoms with Gasteiger partial charge in [-0.3, -0.25) is 4.79 Å². The molecule has 8 heteroatoms. The van der Waals surface area contributed by atoms with Crippen molar-refractivity contribution < 1.29 is 9.53 Å². The number of hydrogen-bond acceptors (Lipinski definition) is 5. The van der Waals surface area contributed by atoms with E-state index < -0.39 is 0 Å². The molecular formula is C20H25ClN4O2S. The van der Waals surface area contributed by atoms with E-state index in [2.05, 4.69) is 11.4 Å². The Morgan fingerprint density at radius 2 is 2.04 bits per heavy atom. The number of methoxy groups -OCH3 is 1. The normalized spacial score (nSPS) is 10.5. The van der Waals surface area contributed by atoms with Crippen LogP contribution in [0.1, 0.15) is 5.56 Å². The minimum Gasteiger partial charge on any atom is -0.383 e. The topological polar surface area (TPSA) is 59.4 Å². The van der Waals surface area contributed by atoms with Gasteiger partial charge in [0, 0.05) is 39.0 Å². The number of hydrogen-bond donors (Lipinski definition) is 1. The number of ether oxygens (including phenoxy) is 1. The highest BCUT2D eigenvalue weighted by molar-refractivity contribution is 7.13. The molecule has 0 saturated carbocycles. The maximum Gasteiger partial charge on any atom is 0.236 e. The SMILES string of the molecule is COCCNCC(=O)N(C)Cc1cn(-c2ccccc2)nc1-c1cccs1.Cl.